The number of imidazole rings is 1. The lowest BCUT2D eigenvalue weighted by molar-refractivity contribution is -0.122. The number of aromatic amines is 1. The molecule has 5 nitrogen and oxygen atoms in total. The normalized spacial score (nSPS) is 18.7. The number of nitrogens with zero attached hydrogens (tertiary/aromatic N) is 1. The van der Waals surface area contributed by atoms with Gasteiger partial charge in [-0.15, -0.1) is 0 Å². The first-order chi connectivity index (χ1) is 10.2. The van der Waals surface area contributed by atoms with Gasteiger partial charge in [0, 0.05) is 13.0 Å². The molecule has 3 rings (SSSR count). The number of amides is 1. The van der Waals surface area contributed by atoms with E-state index in [4.69, 9.17) is 17.0 Å². The Morgan fingerprint density at radius 3 is 3.05 bits per heavy atom. The maximum absolute atomic E-state index is 11.3. The molecule has 1 unspecified atom stereocenters. The molecule has 1 aliphatic rings. The number of carbonyl (C=O) groups excluding carboxylic acids is 1. The van der Waals surface area contributed by atoms with Gasteiger partial charge in [0.15, 0.2) is 4.77 Å². The zero-order valence-corrected chi connectivity index (χ0v) is 12.8. The van der Waals surface area contributed by atoms with E-state index in [1.54, 1.807) is 0 Å². The Balaban J connectivity index is 2.01. The van der Waals surface area contributed by atoms with Crippen molar-refractivity contribution in [3.05, 3.63) is 23.0 Å². The molecule has 2 heterocycles. The number of rotatable bonds is 4. The molecule has 6 heteroatoms. The van der Waals surface area contributed by atoms with Crippen LogP contribution in [0.5, 0.6) is 5.75 Å². The van der Waals surface area contributed by atoms with E-state index in [1.165, 1.54) is 0 Å². The first-order valence-electron chi connectivity index (χ1n) is 7.33. The van der Waals surface area contributed by atoms with Crippen LogP contribution in [0.25, 0.3) is 11.0 Å². The number of nitrogens with one attached hydrogen (secondary N) is 2. The molecule has 0 spiro atoms. The first kappa shape index (κ1) is 14.1. The molecular weight excluding hydrogens is 286 g/mol. The van der Waals surface area contributed by atoms with Crippen LogP contribution in [0, 0.1) is 4.77 Å². The summed E-state index contributed by atoms with van der Waals surface area (Å²) in [6.07, 6.45) is 2.32. The molecule has 1 aromatic carbocycles. The lowest BCUT2D eigenvalue weighted by atomic mass is 10.1. The molecule has 112 valence electrons. The van der Waals surface area contributed by atoms with Crippen molar-refractivity contribution in [3.63, 3.8) is 0 Å². The predicted molar refractivity (Wildman–Crippen MR) is 84.2 cm³/mol. The van der Waals surface area contributed by atoms with Gasteiger partial charge >= 0.3 is 0 Å². The molecule has 0 aliphatic carbocycles. The zero-order chi connectivity index (χ0) is 14.8. The van der Waals surface area contributed by atoms with Gasteiger partial charge in [-0.05, 0) is 37.2 Å². The quantitative estimate of drug-likeness (QED) is 0.854. The number of para-hydroxylation sites is 1. The summed E-state index contributed by atoms with van der Waals surface area (Å²) in [5.74, 6) is 0.948. The fourth-order valence-electron chi connectivity index (χ4n) is 2.76. The summed E-state index contributed by atoms with van der Waals surface area (Å²) < 4.78 is 8.56. The van der Waals surface area contributed by atoms with Gasteiger partial charge in [-0.25, -0.2) is 0 Å². The van der Waals surface area contributed by atoms with Crippen LogP contribution in [0.15, 0.2) is 18.2 Å². The largest absolute Gasteiger partial charge is 0.491 e. The fourth-order valence-corrected chi connectivity index (χ4v) is 3.11. The SMILES string of the molecule is CCCOc1cccc2c1[nH]c(=S)n2C1CCC(=O)NC1. The van der Waals surface area contributed by atoms with Crippen LogP contribution in [-0.2, 0) is 4.79 Å². The molecule has 0 saturated carbocycles. The van der Waals surface area contributed by atoms with Crippen molar-refractivity contribution in [2.24, 2.45) is 0 Å². The van der Waals surface area contributed by atoms with Gasteiger partial charge in [0.05, 0.1) is 18.2 Å². The third-order valence-electron chi connectivity index (χ3n) is 3.78. The minimum Gasteiger partial charge on any atom is -0.491 e. The summed E-state index contributed by atoms with van der Waals surface area (Å²) >= 11 is 5.47. The molecule has 1 saturated heterocycles. The highest BCUT2D eigenvalue weighted by molar-refractivity contribution is 7.71. The van der Waals surface area contributed by atoms with E-state index < -0.39 is 0 Å². The van der Waals surface area contributed by atoms with Gasteiger partial charge in [-0.2, -0.15) is 0 Å². The van der Waals surface area contributed by atoms with Crippen LogP contribution in [0.4, 0.5) is 0 Å². The lowest BCUT2D eigenvalue weighted by Gasteiger charge is -2.24. The van der Waals surface area contributed by atoms with Gasteiger partial charge in [-0.3, -0.25) is 4.79 Å². The zero-order valence-electron chi connectivity index (χ0n) is 12.0. The van der Waals surface area contributed by atoms with Crippen LogP contribution in [0.2, 0.25) is 0 Å². The second-order valence-electron chi connectivity index (χ2n) is 5.30. The highest BCUT2D eigenvalue weighted by Crippen LogP contribution is 2.29. The summed E-state index contributed by atoms with van der Waals surface area (Å²) in [5, 5.41) is 2.91. The molecule has 2 N–H and O–H groups in total. The van der Waals surface area contributed by atoms with Crippen LogP contribution < -0.4 is 10.1 Å². The average Bonchev–Trinajstić information content (AvgIpc) is 2.83. The molecule has 1 fully saturated rings. The minimum absolute atomic E-state index is 0.115. The number of carbonyl (C=O) groups is 1. The number of piperidine rings is 1. The standard InChI is InChI=1S/C15H19N3O2S/c1-2-8-20-12-5-3-4-11-14(12)17-15(21)18(11)10-6-7-13(19)16-9-10/h3-5,10H,2,6-9H2,1H3,(H,16,19)(H,17,21). The van der Waals surface area contributed by atoms with Gasteiger partial charge in [0.1, 0.15) is 11.3 Å². The first-order valence-corrected chi connectivity index (χ1v) is 7.74. The van der Waals surface area contributed by atoms with E-state index in [9.17, 15) is 4.79 Å². The van der Waals surface area contributed by atoms with E-state index in [0.717, 1.165) is 29.6 Å². The Hall–Kier alpha value is -1.82. The maximum atomic E-state index is 11.3. The Morgan fingerprint density at radius 1 is 1.48 bits per heavy atom. The molecule has 2 aromatic rings. The molecular formula is C15H19N3O2S. The Labute approximate surface area is 128 Å². The van der Waals surface area contributed by atoms with Crippen molar-refractivity contribution < 1.29 is 9.53 Å². The number of aromatic nitrogens is 2. The maximum Gasteiger partial charge on any atom is 0.220 e. The number of hydrogen-bond acceptors (Lipinski definition) is 3. The summed E-state index contributed by atoms with van der Waals surface area (Å²) in [6, 6.07) is 6.17. The number of hydrogen-bond donors (Lipinski definition) is 2. The van der Waals surface area contributed by atoms with Crippen molar-refractivity contribution in [1.29, 1.82) is 0 Å². The van der Waals surface area contributed by atoms with E-state index in [1.807, 2.05) is 18.2 Å². The second-order valence-corrected chi connectivity index (χ2v) is 5.68. The van der Waals surface area contributed by atoms with Gasteiger partial charge < -0.3 is 19.6 Å². The fraction of sp³-hybridized carbons (Fsp3) is 0.467. The lowest BCUT2D eigenvalue weighted by Crippen LogP contribution is -2.36. The number of H-pyrrole nitrogens is 1. The predicted octanol–water partition coefficient (Wildman–Crippen LogP) is 2.94. The van der Waals surface area contributed by atoms with Crippen LogP contribution >= 0.6 is 12.2 Å². The summed E-state index contributed by atoms with van der Waals surface area (Å²) in [7, 11) is 0. The topological polar surface area (TPSA) is 59.0 Å². The number of ether oxygens (including phenoxy) is 1. The van der Waals surface area contributed by atoms with Crippen LogP contribution in [0.1, 0.15) is 32.2 Å². The van der Waals surface area contributed by atoms with Gasteiger partial charge in [-0.1, -0.05) is 13.0 Å². The third-order valence-corrected chi connectivity index (χ3v) is 4.08. The van der Waals surface area contributed by atoms with E-state index >= 15 is 0 Å². The van der Waals surface area contributed by atoms with Crippen molar-refractivity contribution in [2.75, 3.05) is 13.2 Å². The summed E-state index contributed by atoms with van der Waals surface area (Å²) in [5.41, 5.74) is 1.97. The van der Waals surface area contributed by atoms with E-state index in [0.29, 0.717) is 24.3 Å². The van der Waals surface area contributed by atoms with Crippen molar-refractivity contribution in [3.8, 4) is 5.75 Å². The summed E-state index contributed by atoms with van der Waals surface area (Å²) in [4.78, 5) is 14.6. The Kier molecular flexibility index (Phi) is 3.96. The summed E-state index contributed by atoms with van der Waals surface area (Å²) in [6.45, 7) is 3.39. The molecule has 0 radical (unpaired) electrons. The van der Waals surface area contributed by atoms with Crippen molar-refractivity contribution >= 4 is 29.2 Å². The Bertz CT molecular complexity index is 709. The van der Waals surface area contributed by atoms with Crippen molar-refractivity contribution in [2.45, 2.75) is 32.2 Å². The monoisotopic (exact) mass is 305 g/mol. The molecule has 1 aromatic heterocycles. The smallest absolute Gasteiger partial charge is 0.220 e. The molecule has 1 aliphatic heterocycles. The Morgan fingerprint density at radius 2 is 2.33 bits per heavy atom. The average molecular weight is 305 g/mol. The van der Waals surface area contributed by atoms with Crippen LogP contribution in [-0.4, -0.2) is 28.6 Å². The molecule has 1 atom stereocenters. The number of fused-ring (bicyclic) bond motifs is 1. The van der Waals surface area contributed by atoms with Gasteiger partial charge in [0.2, 0.25) is 5.91 Å². The number of benzene rings is 1. The molecule has 0 bridgehead atoms. The third kappa shape index (κ3) is 2.68. The second kappa shape index (κ2) is 5.89. The van der Waals surface area contributed by atoms with E-state index in [-0.39, 0.29) is 11.9 Å². The minimum atomic E-state index is 0.115. The van der Waals surface area contributed by atoms with Crippen molar-refractivity contribution in [1.82, 2.24) is 14.9 Å². The van der Waals surface area contributed by atoms with E-state index in [2.05, 4.69) is 21.8 Å². The highest BCUT2D eigenvalue weighted by atomic mass is 32.1. The highest BCUT2D eigenvalue weighted by Gasteiger charge is 2.22. The van der Waals surface area contributed by atoms with Crippen LogP contribution in [0.3, 0.4) is 0 Å². The molecule has 1 amide bonds. The van der Waals surface area contributed by atoms with Gasteiger partial charge in [0.25, 0.3) is 0 Å². The molecule has 21 heavy (non-hydrogen) atoms.